The van der Waals surface area contributed by atoms with Gasteiger partial charge in [-0.05, 0) is 105 Å². The number of nitrogens with one attached hydrogen (secondary N) is 1. The largest absolute Gasteiger partial charge is 0.415 e. The second-order valence-electron chi connectivity index (χ2n) is 20.5. The van der Waals surface area contributed by atoms with Gasteiger partial charge in [0.25, 0.3) is 5.69 Å². The standard InChI is InChI=1S/C40H80N4O5Si3/c1-31-28-43(26-22-20-19-21-25-41-33-24-23-32(29-42(11)12)27-34(33)44(45)46)35(30-47-50(13,14)38(2,3)4)37(49-52(17,18)40(8,9)10)36(31)48-51(15,16)39(5,6)7/h23-24,27,31,35-37,41H,19-22,25-26,28-30H2,1-18H3/t31-,35+,36+,37+/m0/s1. The second kappa shape index (κ2) is 18.2. The molecule has 9 nitrogen and oxygen atoms in total. The Labute approximate surface area is 322 Å². The van der Waals surface area contributed by atoms with Crippen LogP contribution in [0.2, 0.25) is 54.4 Å². The highest BCUT2D eigenvalue weighted by molar-refractivity contribution is 6.75. The van der Waals surface area contributed by atoms with Crippen LogP contribution in [-0.2, 0) is 19.8 Å². The first kappa shape index (κ1) is 47.0. The molecule has 1 fully saturated rings. The number of rotatable bonds is 18. The summed E-state index contributed by atoms with van der Waals surface area (Å²) in [5, 5.41) is 15.4. The van der Waals surface area contributed by atoms with Crippen LogP contribution in [0.15, 0.2) is 18.2 Å². The van der Waals surface area contributed by atoms with E-state index < -0.39 is 25.0 Å². The molecule has 52 heavy (non-hydrogen) atoms. The van der Waals surface area contributed by atoms with E-state index in [9.17, 15) is 10.1 Å². The summed E-state index contributed by atoms with van der Waals surface area (Å²) in [5.74, 6) is 0.331. The number of unbranched alkanes of at least 4 members (excludes halogenated alkanes) is 3. The van der Waals surface area contributed by atoms with Crippen molar-refractivity contribution in [1.82, 2.24) is 9.80 Å². The van der Waals surface area contributed by atoms with E-state index in [0.717, 1.165) is 44.3 Å². The topological polar surface area (TPSA) is 89.3 Å². The van der Waals surface area contributed by atoms with Crippen molar-refractivity contribution in [1.29, 1.82) is 0 Å². The van der Waals surface area contributed by atoms with E-state index in [1.54, 1.807) is 6.07 Å². The Hall–Kier alpha value is -1.13. The lowest BCUT2D eigenvalue weighted by Crippen LogP contribution is -2.66. The molecule has 1 aliphatic heterocycles. The van der Waals surface area contributed by atoms with Crippen molar-refractivity contribution in [2.75, 3.05) is 45.7 Å². The molecule has 0 unspecified atom stereocenters. The van der Waals surface area contributed by atoms with Gasteiger partial charge in [-0.2, -0.15) is 0 Å². The van der Waals surface area contributed by atoms with Crippen LogP contribution >= 0.6 is 0 Å². The van der Waals surface area contributed by atoms with Crippen molar-refractivity contribution >= 4 is 36.3 Å². The highest BCUT2D eigenvalue weighted by atomic mass is 28.4. The lowest BCUT2D eigenvalue weighted by molar-refractivity contribution is -0.384. The van der Waals surface area contributed by atoms with Crippen LogP contribution in [0, 0.1) is 16.0 Å². The molecule has 1 aromatic rings. The van der Waals surface area contributed by atoms with Gasteiger partial charge >= 0.3 is 0 Å². The summed E-state index contributed by atoms with van der Waals surface area (Å²) in [6.45, 7) is 41.6. The van der Waals surface area contributed by atoms with Gasteiger partial charge in [-0.3, -0.25) is 15.0 Å². The third-order valence-corrected chi connectivity index (χ3v) is 26.0. The van der Waals surface area contributed by atoms with Gasteiger partial charge in [-0.1, -0.05) is 88.1 Å². The van der Waals surface area contributed by atoms with E-state index in [1.165, 1.54) is 0 Å². The van der Waals surface area contributed by atoms with Crippen molar-refractivity contribution in [3.63, 3.8) is 0 Å². The van der Waals surface area contributed by atoms with E-state index in [-0.39, 0.29) is 44.0 Å². The van der Waals surface area contributed by atoms with Crippen LogP contribution in [0.25, 0.3) is 0 Å². The maximum atomic E-state index is 11.8. The van der Waals surface area contributed by atoms with Crippen molar-refractivity contribution in [2.24, 2.45) is 5.92 Å². The smallest absolute Gasteiger partial charge is 0.292 e. The third kappa shape index (κ3) is 13.0. The van der Waals surface area contributed by atoms with Gasteiger partial charge in [-0.25, -0.2) is 0 Å². The maximum absolute atomic E-state index is 11.8. The number of piperidine rings is 1. The maximum Gasteiger partial charge on any atom is 0.292 e. The fraction of sp³-hybridized carbons (Fsp3) is 0.850. The van der Waals surface area contributed by atoms with Crippen molar-refractivity contribution < 1.29 is 18.2 Å². The number of likely N-dealkylation sites (tertiary alicyclic amines) is 1. The van der Waals surface area contributed by atoms with E-state index in [0.29, 0.717) is 31.3 Å². The third-order valence-electron chi connectivity index (χ3n) is 12.6. The minimum atomic E-state index is -2.16. The second-order valence-corrected chi connectivity index (χ2v) is 34.8. The van der Waals surface area contributed by atoms with Gasteiger partial charge in [0, 0.05) is 25.7 Å². The molecule has 0 bridgehead atoms. The number of hydrogen-bond acceptors (Lipinski definition) is 8. The minimum Gasteiger partial charge on any atom is -0.415 e. The molecule has 1 heterocycles. The Morgan fingerprint density at radius 3 is 1.85 bits per heavy atom. The van der Waals surface area contributed by atoms with Crippen LogP contribution in [0.5, 0.6) is 0 Å². The summed E-state index contributed by atoms with van der Waals surface area (Å²) >= 11 is 0. The minimum absolute atomic E-state index is 0.0198. The number of nitro benzene ring substituents is 1. The molecule has 0 saturated carbocycles. The lowest BCUT2D eigenvalue weighted by atomic mass is 9.88. The zero-order valence-electron chi connectivity index (χ0n) is 36.8. The van der Waals surface area contributed by atoms with E-state index in [2.05, 4.69) is 119 Å². The number of nitrogens with zero attached hydrogens (tertiary/aromatic N) is 3. The molecule has 0 spiro atoms. The lowest BCUT2D eigenvalue weighted by Gasteiger charge is -2.54. The summed E-state index contributed by atoms with van der Waals surface area (Å²) in [4.78, 5) is 16.2. The fourth-order valence-electron chi connectivity index (χ4n) is 6.05. The molecule has 0 aliphatic carbocycles. The first-order valence-electron chi connectivity index (χ1n) is 19.9. The van der Waals surface area contributed by atoms with Gasteiger partial charge < -0.3 is 23.5 Å². The predicted molar refractivity (Wildman–Crippen MR) is 229 cm³/mol. The Bertz CT molecular complexity index is 1290. The molecule has 0 amide bonds. The molecular formula is C40H80N4O5Si3. The zero-order valence-corrected chi connectivity index (χ0v) is 39.8. The molecule has 0 radical (unpaired) electrons. The molecule has 1 aromatic carbocycles. The molecule has 1 saturated heterocycles. The van der Waals surface area contributed by atoms with Crippen LogP contribution in [0.4, 0.5) is 11.4 Å². The number of anilines is 1. The normalized spacial score (nSPS) is 21.5. The summed E-state index contributed by atoms with van der Waals surface area (Å²) in [5.41, 5.74) is 1.69. The number of nitro groups is 1. The van der Waals surface area contributed by atoms with Crippen LogP contribution in [0.3, 0.4) is 0 Å². The molecule has 1 aliphatic rings. The summed E-state index contributed by atoms with van der Waals surface area (Å²) < 4.78 is 21.9. The Balaban J connectivity index is 2.26. The Morgan fingerprint density at radius 1 is 0.827 bits per heavy atom. The molecule has 2 rings (SSSR count). The average Bonchev–Trinajstić information content (AvgIpc) is 2.96. The molecule has 0 aromatic heterocycles. The van der Waals surface area contributed by atoms with Gasteiger partial charge in [0.15, 0.2) is 25.0 Å². The van der Waals surface area contributed by atoms with Gasteiger partial charge in [-0.15, -0.1) is 0 Å². The van der Waals surface area contributed by atoms with E-state index >= 15 is 0 Å². The van der Waals surface area contributed by atoms with Gasteiger partial charge in [0.2, 0.25) is 0 Å². The fourth-order valence-corrected chi connectivity index (χ4v) is 9.79. The molecular weight excluding hydrogens is 701 g/mol. The first-order valence-corrected chi connectivity index (χ1v) is 28.6. The molecule has 1 N–H and O–H groups in total. The molecule has 12 heteroatoms. The molecule has 302 valence electrons. The summed E-state index contributed by atoms with van der Waals surface area (Å²) in [6.07, 6.45) is 4.17. The predicted octanol–water partition coefficient (Wildman–Crippen LogP) is 10.8. The first-order chi connectivity index (χ1) is 23.5. The van der Waals surface area contributed by atoms with Gasteiger partial charge in [0.05, 0.1) is 29.8 Å². The molecule has 4 atom stereocenters. The highest BCUT2D eigenvalue weighted by Gasteiger charge is 2.52. The van der Waals surface area contributed by atoms with E-state index in [4.69, 9.17) is 13.3 Å². The highest BCUT2D eigenvalue weighted by Crippen LogP contribution is 2.44. The quantitative estimate of drug-likeness (QED) is 0.0682. The van der Waals surface area contributed by atoms with Crippen LogP contribution in [0.1, 0.15) is 100 Å². The van der Waals surface area contributed by atoms with Crippen molar-refractivity contribution in [3.8, 4) is 0 Å². The summed E-state index contributed by atoms with van der Waals surface area (Å²) in [7, 11) is -2.32. The van der Waals surface area contributed by atoms with Crippen molar-refractivity contribution in [2.45, 2.75) is 174 Å². The van der Waals surface area contributed by atoms with E-state index in [1.807, 2.05) is 31.1 Å². The van der Waals surface area contributed by atoms with Crippen molar-refractivity contribution in [3.05, 3.63) is 33.9 Å². The van der Waals surface area contributed by atoms with Crippen LogP contribution in [-0.4, -0.2) is 98.3 Å². The zero-order chi connectivity index (χ0) is 40.1. The SMILES string of the molecule is C[C@H]1CN(CCCCCCNc2ccc(CN(C)C)cc2[N+](=O)[O-])[C@H](CO[Si](C)(C)C(C)(C)C)[C@@H](O[Si](C)(C)C(C)(C)C)[C@@H]1O[Si](C)(C)C(C)(C)C. The monoisotopic (exact) mass is 781 g/mol. The van der Waals surface area contributed by atoms with Crippen LogP contribution < -0.4 is 5.32 Å². The van der Waals surface area contributed by atoms with Gasteiger partial charge in [0.1, 0.15) is 5.69 Å². The number of benzene rings is 1. The average molecular weight is 781 g/mol. The Morgan fingerprint density at radius 2 is 1.35 bits per heavy atom. The number of hydrogen-bond donors (Lipinski definition) is 1. The summed E-state index contributed by atoms with van der Waals surface area (Å²) in [6, 6.07) is 5.64. The Kier molecular flexibility index (Phi) is 16.5.